The van der Waals surface area contributed by atoms with Crippen molar-refractivity contribution in [2.75, 3.05) is 0 Å². The van der Waals surface area contributed by atoms with Crippen LogP contribution in [0.25, 0.3) is 10.9 Å². The number of carboxylic acid groups (broad SMARTS) is 1. The van der Waals surface area contributed by atoms with E-state index >= 15 is 0 Å². The fourth-order valence-corrected chi connectivity index (χ4v) is 3.34. The van der Waals surface area contributed by atoms with Gasteiger partial charge in [-0.2, -0.15) is 0 Å². The van der Waals surface area contributed by atoms with E-state index in [2.05, 4.69) is 10.3 Å². The first-order valence-corrected chi connectivity index (χ1v) is 7.71. The molecule has 1 heterocycles. The lowest BCUT2D eigenvalue weighted by atomic mass is 10.1. The summed E-state index contributed by atoms with van der Waals surface area (Å²) in [5.41, 5.74) is 1.01. The molecule has 22 heavy (non-hydrogen) atoms. The largest absolute Gasteiger partial charge is 0.481 e. The number of hydrogen-bond donors (Lipinski definition) is 3. The predicted molar refractivity (Wildman–Crippen MR) is 84.5 cm³/mol. The number of rotatable bonds is 3. The second kappa shape index (κ2) is 5.82. The van der Waals surface area contributed by atoms with Crippen molar-refractivity contribution < 1.29 is 14.7 Å². The number of aromatic amines is 1. The van der Waals surface area contributed by atoms with Crippen LogP contribution in [0.3, 0.4) is 0 Å². The molecule has 0 spiro atoms. The average Bonchev–Trinajstić information content (AvgIpc) is 3.05. The fourth-order valence-electron chi connectivity index (χ4n) is 2.88. The summed E-state index contributed by atoms with van der Waals surface area (Å²) in [7, 11) is 0. The van der Waals surface area contributed by atoms with Crippen molar-refractivity contribution >= 4 is 46.0 Å². The summed E-state index contributed by atoms with van der Waals surface area (Å²) >= 11 is 12.2. The van der Waals surface area contributed by atoms with Gasteiger partial charge in [0.05, 0.1) is 10.9 Å². The van der Waals surface area contributed by atoms with E-state index in [1.807, 2.05) is 0 Å². The number of hydrogen-bond acceptors (Lipinski definition) is 2. The van der Waals surface area contributed by atoms with Gasteiger partial charge in [0.25, 0.3) is 5.91 Å². The molecule has 0 bridgehead atoms. The summed E-state index contributed by atoms with van der Waals surface area (Å²) in [6, 6.07) is 5.03. The molecule has 2 atom stereocenters. The van der Waals surface area contributed by atoms with Crippen LogP contribution in [-0.2, 0) is 4.79 Å². The molecule has 1 fully saturated rings. The molecule has 3 rings (SSSR count). The zero-order valence-corrected chi connectivity index (χ0v) is 13.0. The normalized spacial score (nSPS) is 21.2. The number of halogens is 2. The van der Waals surface area contributed by atoms with Crippen molar-refractivity contribution in [2.24, 2.45) is 5.92 Å². The summed E-state index contributed by atoms with van der Waals surface area (Å²) in [4.78, 5) is 26.3. The highest BCUT2D eigenvalue weighted by Crippen LogP contribution is 2.30. The van der Waals surface area contributed by atoms with Gasteiger partial charge in [0, 0.05) is 22.0 Å². The Morgan fingerprint density at radius 2 is 2.05 bits per heavy atom. The summed E-state index contributed by atoms with van der Waals surface area (Å²) < 4.78 is 0. The minimum atomic E-state index is -0.810. The Bertz CT molecular complexity index is 757. The zero-order chi connectivity index (χ0) is 15.9. The summed E-state index contributed by atoms with van der Waals surface area (Å²) in [5, 5.41) is 13.4. The van der Waals surface area contributed by atoms with E-state index in [0.29, 0.717) is 34.7 Å². The molecule has 1 aliphatic rings. The maximum Gasteiger partial charge on any atom is 0.306 e. The number of aromatic nitrogens is 1. The molecule has 0 saturated heterocycles. The molecule has 1 saturated carbocycles. The molecule has 0 unspecified atom stereocenters. The second-order valence-corrected chi connectivity index (χ2v) is 6.34. The van der Waals surface area contributed by atoms with E-state index < -0.39 is 5.97 Å². The monoisotopic (exact) mass is 340 g/mol. The molecule has 0 aliphatic heterocycles. The Labute approximate surface area is 136 Å². The van der Waals surface area contributed by atoms with Crippen LogP contribution in [0.5, 0.6) is 0 Å². The molecule has 3 N–H and O–H groups in total. The van der Waals surface area contributed by atoms with Crippen LogP contribution in [0, 0.1) is 5.92 Å². The minimum absolute atomic E-state index is 0.139. The Morgan fingerprint density at radius 3 is 2.73 bits per heavy atom. The first kappa shape index (κ1) is 15.2. The van der Waals surface area contributed by atoms with Crippen LogP contribution in [-0.4, -0.2) is 28.0 Å². The van der Waals surface area contributed by atoms with Gasteiger partial charge in [-0.1, -0.05) is 23.2 Å². The van der Waals surface area contributed by atoms with Gasteiger partial charge in [-0.05, 0) is 37.5 Å². The third kappa shape index (κ3) is 2.78. The number of aliphatic carboxylic acids is 1. The van der Waals surface area contributed by atoms with Gasteiger partial charge in [-0.15, -0.1) is 0 Å². The van der Waals surface area contributed by atoms with E-state index in [1.54, 1.807) is 18.2 Å². The highest BCUT2D eigenvalue weighted by molar-refractivity contribution is 6.39. The summed E-state index contributed by atoms with van der Waals surface area (Å²) in [6.07, 6.45) is 1.69. The van der Waals surface area contributed by atoms with Gasteiger partial charge in [-0.25, -0.2) is 0 Å². The topological polar surface area (TPSA) is 82.2 Å². The average molecular weight is 341 g/mol. The first-order valence-electron chi connectivity index (χ1n) is 6.96. The van der Waals surface area contributed by atoms with Gasteiger partial charge in [-0.3, -0.25) is 9.59 Å². The molecule has 2 aromatic rings. The lowest BCUT2D eigenvalue weighted by Gasteiger charge is -2.11. The Kier molecular flexibility index (Phi) is 4.02. The van der Waals surface area contributed by atoms with Crippen LogP contribution in [0.1, 0.15) is 29.8 Å². The summed E-state index contributed by atoms with van der Waals surface area (Å²) in [6.45, 7) is 0. The number of carboxylic acids is 1. The van der Waals surface area contributed by atoms with Crippen molar-refractivity contribution in [1.82, 2.24) is 10.3 Å². The first-order chi connectivity index (χ1) is 10.5. The van der Waals surface area contributed by atoms with Crippen LogP contribution in [0.4, 0.5) is 0 Å². The number of fused-ring (bicyclic) bond motifs is 1. The van der Waals surface area contributed by atoms with Gasteiger partial charge in [0.2, 0.25) is 0 Å². The van der Waals surface area contributed by atoms with Crippen LogP contribution in [0.2, 0.25) is 10.0 Å². The van der Waals surface area contributed by atoms with Crippen molar-refractivity contribution in [3.05, 3.63) is 33.9 Å². The molecule has 1 aromatic carbocycles. The highest BCUT2D eigenvalue weighted by Gasteiger charge is 2.31. The third-order valence-corrected chi connectivity index (χ3v) is 4.67. The molecule has 7 heteroatoms. The lowest BCUT2D eigenvalue weighted by molar-refractivity contribution is -0.141. The van der Waals surface area contributed by atoms with E-state index in [0.717, 1.165) is 5.52 Å². The van der Waals surface area contributed by atoms with Crippen molar-refractivity contribution in [2.45, 2.75) is 25.3 Å². The highest BCUT2D eigenvalue weighted by atomic mass is 35.5. The second-order valence-electron chi connectivity index (χ2n) is 5.52. The van der Waals surface area contributed by atoms with Crippen molar-refractivity contribution in [1.29, 1.82) is 0 Å². The number of H-pyrrole nitrogens is 1. The number of benzene rings is 1. The van der Waals surface area contributed by atoms with E-state index in [4.69, 9.17) is 28.3 Å². The maximum atomic E-state index is 12.3. The van der Waals surface area contributed by atoms with E-state index in [1.165, 1.54) is 0 Å². The summed E-state index contributed by atoms with van der Waals surface area (Å²) in [5.74, 6) is -1.52. The Hall–Kier alpha value is -1.72. The molecule has 0 radical (unpaired) electrons. The van der Waals surface area contributed by atoms with E-state index in [-0.39, 0.29) is 23.6 Å². The Morgan fingerprint density at radius 1 is 1.27 bits per heavy atom. The predicted octanol–water partition coefficient (Wildman–Crippen LogP) is 3.46. The Balaban J connectivity index is 1.78. The molecular weight excluding hydrogens is 327 g/mol. The quantitative estimate of drug-likeness (QED) is 0.800. The third-order valence-electron chi connectivity index (χ3n) is 4.04. The molecule has 5 nitrogen and oxygen atoms in total. The SMILES string of the molecule is O=C(N[C@H]1CC[C@@H](C(=O)O)C1)c1[nH]c2ccc(Cl)cc2c1Cl. The fraction of sp³-hybridized carbons (Fsp3) is 0.333. The van der Waals surface area contributed by atoms with Gasteiger partial charge in [0.1, 0.15) is 5.69 Å². The molecular formula is C15H14Cl2N2O3. The zero-order valence-electron chi connectivity index (χ0n) is 11.5. The van der Waals surface area contributed by atoms with Gasteiger partial charge in [0.15, 0.2) is 0 Å². The number of carbonyl (C=O) groups is 2. The number of amides is 1. The smallest absolute Gasteiger partial charge is 0.306 e. The van der Waals surface area contributed by atoms with Crippen LogP contribution >= 0.6 is 23.2 Å². The van der Waals surface area contributed by atoms with Crippen molar-refractivity contribution in [3.63, 3.8) is 0 Å². The number of nitrogens with one attached hydrogen (secondary N) is 2. The van der Waals surface area contributed by atoms with E-state index in [9.17, 15) is 9.59 Å². The number of carbonyl (C=O) groups excluding carboxylic acids is 1. The molecule has 1 aromatic heterocycles. The molecule has 1 amide bonds. The van der Waals surface area contributed by atoms with Crippen molar-refractivity contribution in [3.8, 4) is 0 Å². The van der Waals surface area contributed by atoms with Gasteiger partial charge < -0.3 is 15.4 Å². The minimum Gasteiger partial charge on any atom is -0.481 e. The molecule has 116 valence electrons. The van der Waals surface area contributed by atoms with Crippen LogP contribution < -0.4 is 5.32 Å². The standard InChI is InChI=1S/C15H14Cl2N2O3/c16-8-2-4-11-10(6-8)12(17)13(19-11)14(20)18-9-3-1-7(5-9)15(21)22/h2,4,6-7,9,19H,1,3,5H2,(H,18,20)(H,21,22)/t7-,9+/m1/s1. The molecule has 1 aliphatic carbocycles. The maximum absolute atomic E-state index is 12.3. The lowest BCUT2D eigenvalue weighted by Crippen LogP contribution is -2.33. The van der Waals surface area contributed by atoms with Gasteiger partial charge >= 0.3 is 5.97 Å². The van der Waals surface area contributed by atoms with Crippen LogP contribution in [0.15, 0.2) is 18.2 Å².